The van der Waals surface area contributed by atoms with Crippen LogP contribution in [0.5, 0.6) is 0 Å². The predicted molar refractivity (Wildman–Crippen MR) is 113 cm³/mol. The third-order valence-electron chi connectivity index (χ3n) is 3.92. The molecule has 10 heteroatoms. The maximum absolute atomic E-state index is 12.4. The smallest absolute Gasteiger partial charge is 0.360 e. The van der Waals surface area contributed by atoms with Gasteiger partial charge in [-0.05, 0) is 11.1 Å². The number of esters is 1. The molecule has 1 heterocycles. The number of carbonyl (C=O) groups is 3. The highest BCUT2D eigenvalue weighted by Crippen LogP contribution is 2.26. The van der Waals surface area contributed by atoms with Gasteiger partial charge in [0.1, 0.15) is 5.69 Å². The molecule has 31 heavy (non-hydrogen) atoms. The fourth-order valence-corrected chi connectivity index (χ4v) is 3.25. The van der Waals surface area contributed by atoms with E-state index in [-0.39, 0.29) is 10.8 Å². The quantitative estimate of drug-likeness (QED) is 0.215. The van der Waals surface area contributed by atoms with Crippen molar-refractivity contribution in [3.05, 3.63) is 82.9 Å². The Bertz CT molecular complexity index is 1030. The van der Waals surface area contributed by atoms with Crippen molar-refractivity contribution in [3.63, 3.8) is 0 Å². The predicted octanol–water partition coefficient (Wildman–Crippen LogP) is 2.85. The van der Waals surface area contributed by atoms with E-state index in [2.05, 4.69) is 15.5 Å². The Labute approximate surface area is 181 Å². The van der Waals surface area contributed by atoms with Gasteiger partial charge in [-0.15, -0.1) is 11.3 Å². The van der Waals surface area contributed by atoms with Crippen LogP contribution in [0.2, 0.25) is 0 Å². The summed E-state index contributed by atoms with van der Waals surface area (Å²) in [4.78, 5) is 43.1. The summed E-state index contributed by atoms with van der Waals surface area (Å²) in [6, 6.07) is 18.4. The summed E-state index contributed by atoms with van der Waals surface area (Å²) in [5.41, 5.74) is 1.02. The molecule has 0 aliphatic heterocycles. The van der Waals surface area contributed by atoms with E-state index in [9.17, 15) is 19.5 Å². The zero-order valence-electron chi connectivity index (χ0n) is 16.0. The first-order valence-corrected chi connectivity index (χ1v) is 9.85. The molecule has 2 N–H and O–H groups in total. The molecule has 1 amide bonds. The van der Waals surface area contributed by atoms with Gasteiger partial charge in [0.2, 0.25) is 18.7 Å². The van der Waals surface area contributed by atoms with Gasteiger partial charge < -0.3 is 20.0 Å². The molecule has 3 aromatic rings. The Morgan fingerprint density at radius 2 is 1.71 bits per heavy atom. The third-order valence-corrected chi connectivity index (χ3v) is 4.70. The number of aliphatic carboxylic acids is 1. The van der Waals surface area contributed by atoms with Crippen molar-refractivity contribution < 1.29 is 29.1 Å². The maximum Gasteiger partial charge on any atom is 0.360 e. The lowest BCUT2D eigenvalue weighted by atomic mass is 10.0. The topological polar surface area (TPSA) is 127 Å². The van der Waals surface area contributed by atoms with Crippen molar-refractivity contribution in [2.75, 3.05) is 11.9 Å². The van der Waals surface area contributed by atoms with Gasteiger partial charge in [0, 0.05) is 5.38 Å². The highest BCUT2D eigenvalue weighted by Gasteiger charge is 2.21. The molecule has 0 aliphatic carbocycles. The second kappa shape index (κ2) is 10.6. The Hall–Kier alpha value is -4.05. The van der Waals surface area contributed by atoms with Crippen LogP contribution in [0.1, 0.15) is 22.9 Å². The highest BCUT2D eigenvalue weighted by molar-refractivity contribution is 7.14. The molecular formula is C21H17N3O6S. The van der Waals surface area contributed by atoms with Gasteiger partial charge in [-0.3, -0.25) is 4.79 Å². The highest BCUT2D eigenvalue weighted by atomic mass is 32.1. The summed E-state index contributed by atoms with van der Waals surface area (Å²) in [5, 5.41) is 16.7. The van der Waals surface area contributed by atoms with Crippen LogP contribution in [0.3, 0.4) is 0 Å². The largest absolute Gasteiger partial charge is 0.476 e. The minimum absolute atomic E-state index is 0.0123. The van der Waals surface area contributed by atoms with Crippen molar-refractivity contribution in [2.45, 2.75) is 6.10 Å². The molecule has 0 radical (unpaired) electrons. The van der Waals surface area contributed by atoms with E-state index < -0.39 is 30.4 Å². The number of hydrogen-bond acceptors (Lipinski definition) is 8. The van der Waals surface area contributed by atoms with Crippen molar-refractivity contribution in [2.24, 2.45) is 5.16 Å². The number of carboxylic acids is 1. The Balaban J connectivity index is 1.69. The fourth-order valence-electron chi connectivity index (χ4n) is 2.59. The van der Waals surface area contributed by atoms with Crippen LogP contribution < -0.4 is 5.32 Å². The maximum atomic E-state index is 12.4. The number of anilines is 1. The number of oxime groups is 1. The molecule has 0 saturated carbocycles. The summed E-state index contributed by atoms with van der Waals surface area (Å²) in [5.74, 6) is -2.13. The molecule has 0 unspecified atom stereocenters. The van der Waals surface area contributed by atoms with E-state index in [0.29, 0.717) is 6.41 Å². The van der Waals surface area contributed by atoms with Crippen LogP contribution in [-0.4, -0.2) is 40.8 Å². The van der Waals surface area contributed by atoms with E-state index in [0.717, 1.165) is 22.5 Å². The number of amides is 1. The van der Waals surface area contributed by atoms with E-state index >= 15 is 0 Å². The molecule has 0 spiro atoms. The lowest BCUT2D eigenvalue weighted by Gasteiger charge is -2.18. The first-order chi connectivity index (χ1) is 15.1. The van der Waals surface area contributed by atoms with E-state index in [1.807, 2.05) is 60.7 Å². The van der Waals surface area contributed by atoms with Crippen molar-refractivity contribution in [3.8, 4) is 0 Å². The van der Waals surface area contributed by atoms with Crippen LogP contribution >= 0.6 is 11.3 Å². The number of nitrogens with zero attached hydrogens (tertiary/aromatic N) is 2. The molecule has 0 atom stereocenters. The summed E-state index contributed by atoms with van der Waals surface area (Å²) in [7, 11) is 0. The number of nitrogens with one attached hydrogen (secondary N) is 1. The standard InChI is InChI=1S/C21H17N3O6S/c25-13-22-21-23-16(12-31-21)18(20(27)28)24-29-11-17(26)30-19(14-7-3-1-4-8-14)15-9-5-2-6-10-15/h1-10,12-13,19H,11H2,(H,27,28)(H,22,23,25). The molecule has 0 fully saturated rings. The second-order valence-corrected chi connectivity index (χ2v) is 6.87. The second-order valence-electron chi connectivity index (χ2n) is 6.01. The molecule has 158 valence electrons. The van der Waals surface area contributed by atoms with Gasteiger partial charge in [-0.2, -0.15) is 0 Å². The monoisotopic (exact) mass is 439 g/mol. The summed E-state index contributed by atoms with van der Waals surface area (Å²) in [6.45, 7) is -0.601. The van der Waals surface area contributed by atoms with Gasteiger partial charge in [-0.25, -0.2) is 14.6 Å². The van der Waals surface area contributed by atoms with Crippen LogP contribution in [0, 0.1) is 0 Å². The first kappa shape index (κ1) is 21.7. The minimum Gasteiger partial charge on any atom is -0.476 e. The van der Waals surface area contributed by atoms with E-state index in [4.69, 9.17) is 9.57 Å². The first-order valence-electron chi connectivity index (χ1n) is 8.97. The number of carboxylic acid groups (broad SMARTS) is 1. The Kier molecular flexibility index (Phi) is 7.44. The van der Waals surface area contributed by atoms with Gasteiger partial charge in [0.25, 0.3) is 0 Å². The van der Waals surface area contributed by atoms with Gasteiger partial charge in [0.15, 0.2) is 11.2 Å². The van der Waals surface area contributed by atoms with Gasteiger partial charge in [-0.1, -0.05) is 65.8 Å². The number of hydrogen-bond donors (Lipinski definition) is 2. The minimum atomic E-state index is -1.40. The molecular weight excluding hydrogens is 422 g/mol. The third kappa shape index (κ3) is 5.97. The molecule has 1 aromatic heterocycles. The zero-order chi connectivity index (χ0) is 22.1. The van der Waals surface area contributed by atoms with E-state index in [1.54, 1.807) is 0 Å². The van der Waals surface area contributed by atoms with Crippen molar-refractivity contribution in [1.82, 2.24) is 4.98 Å². The lowest BCUT2D eigenvalue weighted by Crippen LogP contribution is -2.19. The summed E-state index contributed by atoms with van der Waals surface area (Å²) in [6.07, 6.45) is -0.236. The molecule has 0 aliphatic rings. The van der Waals surface area contributed by atoms with Crippen LogP contribution in [0.4, 0.5) is 5.13 Å². The fraction of sp³-hybridized carbons (Fsp3) is 0.0952. The Morgan fingerprint density at radius 3 is 2.26 bits per heavy atom. The van der Waals surface area contributed by atoms with Crippen LogP contribution in [-0.2, 0) is 24.0 Å². The molecule has 9 nitrogen and oxygen atoms in total. The number of carbonyl (C=O) groups excluding carboxylic acids is 2. The Morgan fingerprint density at radius 1 is 1.10 bits per heavy atom. The molecule has 0 saturated heterocycles. The summed E-state index contributed by atoms with van der Waals surface area (Å²) >= 11 is 1.02. The van der Waals surface area contributed by atoms with E-state index in [1.165, 1.54) is 5.38 Å². The van der Waals surface area contributed by atoms with Crippen molar-refractivity contribution >= 4 is 40.5 Å². The average molecular weight is 439 g/mol. The van der Waals surface area contributed by atoms with Crippen LogP contribution in [0.15, 0.2) is 71.2 Å². The molecule has 0 bridgehead atoms. The van der Waals surface area contributed by atoms with Gasteiger partial charge >= 0.3 is 11.9 Å². The number of rotatable bonds is 10. The van der Waals surface area contributed by atoms with Gasteiger partial charge in [0.05, 0.1) is 0 Å². The zero-order valence-corrected chi connectivity index (χ0v) is 16.8. The molecule has 2 aromatic carbocycles. The molecule has 3 rings (SSSR count). The lowest BCUT2D eigenvalue weighted by molar-refractivity contribution is -0.153. The van der Waals surface area contributed by atoms with Crippen LogP contribution in [0.25, 0.3) is 0 Å². The normalized spacial score (nSPS) is 11.1. The summed E-state index contributed by atoms with van der Waals surface area (Å²) < 4.78 is 5.56. The number of aromatic nitrogens is 1. The van der Waals surface area contributed by atoms with Crippen molar-refractivity contribution in [1.29, 1.82) is 0 Å². The number of benzene rings is 2. The number of ether oxygens (including phenoxy) is 1. The average Bonchev–Trinajstić information content (AvgIpc) is 3.24. The number of thiazole rings is 1. The SMILES string of the molecule is O=CNc1nc(C(=NOCC(=O)OC(c2ccccc2)c2ccccc2)C(=O)O)cs1.